The van der Waals surface area contributed by atoms with Crippen molar-refractivity contribution in [2.75, 3.05) is 18.0 Å². The van der Waals surface area contributed by atoms with E-state index in [-0.39, 0.29) is 24.3 Å². The van der Waals surface area contributed by atoms with Gasteiger partial charge in [-0.25, -0.2) is 0 Å². The van der Waals surface area contributed by atoms with Gasteiger partial charge in [0.25, 0.3) is 5.91 Å². The van der Waals surface area contributed by atoms with E-state index < -0.39 is 6.04 Å². The molecule has 6 nitrogen and oxygen atoms in total. The highest BCUT2D eigenvalue weighted by molar-refractivity contribution is 6.11. The van der Waals surface area contributed by atoms with Gasteiger partial charge in [-0.1, -0.05) is 43.0 Å². The summed E-state index contributed by atoms with van der Waals surface area (Å²) in [5.41, 5.74) is 3.83. The second kappa shape index (κ2) is 7.54. The molecule has 148 valence electrons. The summed E-state index contributed by atoms with van der Waals surface area (Å²) in [5, 5.41) is 2.69. The third-order valence-electron chi connectivity index (χ3n) is 5.57. The number of carbonyl (C=O) groups is 3. The second-order valence-electron chi connectivity index (χ2n) is 7.34. The fourth-order valence-electron chi connectivity index (χ4n) is 4.03. The van der Waals surface area contributed by atoms with Gasteiger partial charge in [-0.3, -0.25) is 19.3 Å². The molecule has 2 aliphatic heterocycles. The Morgan fingerprint density at radius 3 is 2.55 bits per heavy atom. The van der Waals surface area contributed by atoms with Crippen molar-refractivity contribution in [2.24, 2.45) is 0 Å². The second-order valence-corrected chi connectivity index (χ2v) is 7.34. The molecule has 0 saturated heterocycles. The van der Waals surface area contributed by atoms with Crippen molar-refractivity contribution in [1.29, 1.82) is 0 Å². The Balaban J connectivity index is 1.41. The standard InChI is InChI=1S/C23H23N3O3/c1-15-18-10-4-5-11-19(18)23(29)26(15)16(2)22(28)24-14-21(27)25-13-7-9-17-8-3-6-12-20(17)25/h3-6,8,10-12,16H,1,7,9,13-14H2,2H3,(H,24,28)/t16-/m0/s1. The van der Waals surface area contributed by atoms with Crippen LogP contribution in [0.1, 0.15) is 34.8 Å². The van der Waals surface area contributed by atoms with Crippen LogP contribution in [-0.2, 0) is 16.0 Å². The third-order valence-corrected chi connectivity index (χ3v) is 5.57. The Morgan fingerprint density at radius 1 is 1.10 bits per heavy atom. The number of aryl methyl sites for hydroxylation is 1. The van der Waals surface area contributed by atoms with Crippen molar-refractivity contribution in [3.63, 3.8) is 0 Å². The summed E-state index contributed by atoms with van der Waals surface area (Å²) in [7, 11) is 0. The largest absolute Gasteiger partial charge is 0.345 e. The first-order chi connectivity index (χ1) is 14.0. The number of fused-ring (bicyclic) bond motifs is 2. The Bertz CT molecular complexity index is 979. The molecule has 0 bridgehead atoms. The molecule has 3 amide bonds. The van der Waals surface area contributed by atoms with E-state index in [1.807, 2.05) is 36.4 Å². The number of hydrogen-bond donors (Lipinski definition) is 1. The third kappa shape index (κ3) is 3.31. The zero-order valence-electron chi connectivity index (χ0n) is 16.4. The fraction of sp³-hybridized carbons (Fsp3) is 0.261. The van der Waals surface area contributed by atoms with Gasteiger partial charge < -0.3 is 10.2 Å². The molecular weight excluding hydrogens is 366 g/mol. The van der Waals surface area contributed by atoms with Crippen LogP contribution >= 0.6 is 0 Å². The lowest BCUT2D eigenvalue weighted by Gasteiger charge is -2.30. The highest BCUT2D eigenvalue weighted by Gasteiger charge is 2.36. The maximum atomic E-state index is 12.7. The number of nitrogens with zero attached hydrogens (tertiary/aromatic N) is 2. The average molecular weight is 389 g/mol. The van der Waals surface area contributed by atoms with E-state index in [1.165, 1.54) is 4.90 Å². The molecule has 1 N–H and O–H groups in total. The van der Waals surface area contributed by atoms with Crippen LogP contribution in [0.25, 0.3) is 5.70 Å². The van der Waals surface area contributed by atoms with Gasteiger partial charge in [0, 0.05) is 29.1 Å². The molecule has 29 heavy (non-hydrogen) atoms. The lowest BCUT2D eigenvalue weighted by Crippen LogP contribution is -2.48. The molecule has 0 aliphatic carbocycles. The first-order valence-electron chi connectivity index (χ1n) is 9.77. The quantitative estimate of drug-likeness (QED) is 0.874. The van der Waals surface area contributed by atoms with Gasteiger partial charge in [-0.15, -0.1) is 0 Å². The van der Waals surface area contributed by atoms with Crippen LogP contribution in [0.5, 0.6) is 0 Å². The lowest BCUT2D eigenvalue weighted by molar-refractivity contribution is -0.127. The number of carbonyl (C=O) groups excluding carboxylic acids is 3. The Kier molecular flexibility index (Phi) is 4.92. The minimum atomic E-state index is -0.760. The van der Waals surface area contributed by atoms with Crippen LogP contribution in [-0.4, -0.2) is 41.8 Å². The van der Waals surface area contributed by atoms with Gasteiger partial charge in [0.1, 0.15) is 6.04 Å². The number of benzene rings is 2. The zero-order valence-corrected chi connectivity index (χ0v) is 16.4. The summed E-state index contributed by atoms with van der Waals surface area (Å²) < 4.78 is 0. The van der Waals surface area contributed by atoms with E-state index in [9.17, 15) is 14.4 Å². The molecule has 0 radical (unpaired) electrons. The van der Waals surface area contributed by atoms with Gasteiger partial charge in [0.05, 0.1) is 6.54 Å². The van der Waals surface area contributed by atoms with E-state index in [2.05, 4.69) is 11.9 Å². The monoisotopic (exact) mass is 389 g/mol. The number of para-hydroxylation sites is 1. The summed E-state index contributed by atoms with van der Waals surface area (Å²) >= 11 is 0. The van der Waals surface area contributed by atoms with Gasteiger partial charge in [0.2, 0.25) is 11.8 Å². The molecule has 0 saturated carbocycles. The molecular formula is C23H23N3O3. The summed E-state index contributed by atoms with van der Waals surface area (Å²) in [6, 6.07) is 14.2. The Labute approximate surface area is 169 Å². The summed E-state index contributed by atoms with van der Waals surface area (Å²) in [4.78, 5) is 41.2. The van der Waals surface area contributed by atoms with E-state index >= 15 is 0 Å². The molecule has 2 heterocycles. The summed E-state index contributed by atoms with van der Waals surface area (Å²) in [6.45, 7) is 6.14. The zero-order chi connectivity index (χ0) is 20.5. The average Bonchev–Trinajstić information content (AvgIpc) is 3.01. The smallest absolute Gasteiger partial charge is 0.259 e. The lowest BCUT2D eigenvalue weighted by atomic mass is 10.0. The van der Waals surface area contributed by atoms with Gasteiger partial charge >= 0.3 is 0 Å². The normalized spacial score (nSPS) is 16.3. The number of anilines is 1. The summed E-state index contributed by atoms with van der Waals surface area (Å²) in [5.74, 6) is -0.789. The minimum absolute atomic E-state index is 0.112. The number of amides is 3. The Morgan fingerprint density at radius 2 is 1.79 bits per heavy atom. The maximum Gasteiger partial charge on any atom is 0.259 e. The minimum Gasteiger partial charge on any atom is -0.345 e. The van der Waals surface area contributed by atoms with Crippen LogP contribution in [0.4, 0.5) is 5.69 Å². The number of nitrogens with one attached hydrogen (secondary N) is 1. The first kappa shape index (κ1) is 18.9. The molecule has 0 fully saturated rings. The van der Waals surface area contributed by atoms with E-state index in [0.717, 1.165) is 29.7 Å². The molecule has 2 aromatic rings. The van der Waals surface area contributed by atoms with Gasteiger partial charge in [-0.05, 0) is 37.5 Å². The highest BCUT2D eigenvalue weighted by atomic mass is 16.2. The fourth-order valence-corrected chi connectivity index (χ4v) is 4.03. The first-order valence-corrected chi connectivity index (χ1v) is 9.77. The molecule has 1 atom stereocenters. The van der Waals surface area contributed by atoms with Crippen molar-refractivity contribution in [3.8, 4) is 0 Å². The summed E-state index contributed by atoms with van der Waals surface area (Å²) in [6.07, 6.45) is 1.84. The molecule has 4 rings (SSSR count). The van der Waals surface area contributed by atoms with E-state index in [1.54, 1.807) is 24.0 Å². The molecule has 0 unspecified atom stereocenters. The van der Waals surface area contributed by atoms with Crippen molar-refractivity contribution in [1.82, 2.24) is 10.2 Å². The van der Waals surface area contributed by atoms with Crippen molar-refractivity contribution < 1.29 is 14.4 Å². The van der Waals surface area contributed by atoms with Crippen LogP contribution in [0.3, 0.4) is 0 Å². The SMILES string of the molecule is C=C1c2ccccc2C(=O)N1[C@@H](C)C(=O)NCC(=O)N1CCCc2ccccc21. The Hall–Kier alpha value is -3.41. The number of rotatable bonds is 4. The van der Waals surface area contributed by atoms with Crippen molar-refractivity contribution >= 4 is 29.1 Å². The highest BCUT2D eigenvalue weighted by Crippen LogP contribution is 2.33. The predicted molar refractivity (Wildman–Crippen MR) is 111 cm³/mol. The van der Waals surface area contributed by atoms with Crippen LogP contribution in [0.15, 0.2) is 55.1 Å². The van der Waals surface area contributed by atoms with E-state index in [0.29, 0.717) is 17.8 Å². The number of hydrogen-bond acceptors (Lipinski definition) is 3. The predicted octanol–water partition coefficient (Wildman–Crippen LogP) is 2.60. The topological polar surface area (TPSA) is 69.7 Å². The van der Waals surface area contributed by atoms with Crippen LogP contribution in [0.2, 0.25) is 0 Å². The molecule has 0 aromatic heterocycles. The maximum absolute atomic E-state index is 12.7. The van der Waals surface area contributed by atoms with Gasteiger partial charge in [0.15, 0.2) is 0 Å². The van der Waals surface area contributed by atoms with Crippen molar-refractivity contribution in [3.05, 3.63) is 71.8 Å². The molecule has 6 heteroatoms. The van der Waals surface area contributed by atoms with Crippen molar-refractivity contribution in [2.45, 2.75) is 25.8 Å². The van der Waals surface area contributed by atoms with E-state index in [4.69, 9.17) is 0 Å². The van der Waals surface area contributed by atoms with Crippen LogP contribution < -0.4 is 10.2 Å². The van der Waals surface area contributed by atoms with Gasteiger partial charge in [-0.2, -0.15) is 0 Å². The molecule has 2 aromatic carbocycles. The molecule has 0 spiro atoms. The molecule has 2 aliphatic rings. The van der Waals surface area contributed by atoms with Crippen LogP contribution in [0, 0.1) is 0 Å².